The highest BCUT2D eigenvalue weighted by Gasteiger charge is 2.25. The third kappa shape index (κ3) is 2.37. The van der Waals surface area contributed by atoms with Crippen molar-refractivity contribution >= 4 is 21.7 Å². The van der Waals surface area contributed by atoms with Crippen molar-refractivity contribution in [3.63, 3.8) is 0 Å². The van der Waals surface area contributed by atoms with E-state index in [-0.39, 0.29) is 16.3 Å². The number of nitrogens with zero attached hydrogens (tertiary/aromatic N) is 1. The lowest BCUT2D eigenvalue weighted by Gasteiger charge is -2.18. The van der Waals surface area contributed by atoms with Gasteiger partial charge in [-0.05, 0) is 18.2 Å². The Kier molecular flexibility index (Phi) is 3.49. The second kappa shape index (κ2) is 4.97. The number of carboxylic acid groups (broad SMARTS) is 1. The topological polar surface area (TPSA) is 90.5 Å². The normalized spacial score (nSPS) is 11.3. The standard InChI is InChI=1S/C12H11FN2O4S/c1-15(11-5-3-2-4-9(11)13)20(18,19)8-6-10(12(16)17)14-7-8/h2-7,14H,1H3,(H,16,17). The number of carboxylic acids is 1. The van der Waals surface area contributed by atoms with Gasteiger partial charge in [0.15, 0.2) is 0 Å². The van der Waals surface area contributed by atoms with Crippen molar-refractivity contribution in [1.82, 2.24) is 4.98 Å². The average molecular weight is 298 g/mol. The van der Waals surface area contributed by atoms with E-state index in [9.17, 15) is 17.6 Å². The molecule has 0 unspecified atom stereocenters. The molecule has 2 rings (SSSR count). The summed E-state index contributed by atoms with van der Waals surface area (Å²) >= 11 is 0. The number of aromatic carboxylic acids is 1. The molecule has 0 spiro atoms. The van der Waals surface area contributed by atoms with Crippen LogP contribution in [-0.2, 0) is 10.0 Å². The summed E-state index contributed by atoms with van der Waals surface area (Å²) in [7, 11) is -2.83. The zero-order valence-corrected chi connectivity index (χ0v) is 11.2. The number of benzene rings is 1. The third-order valence-corrected chi connectivity index (χ3v) is 4.49. The summed E-state index contributed by atoms with van der Waals surface area (Å²) in [6.07, 6.45) is 1.05. The number of anilines is 1. The van der Waals surface area contributed by atoms with Gasteiger partial charge in [-0.1, -0.05) is 12.1 Å². The smallest absolute Gasteiger partial charge is 0.352 e. The molecule has 0 aliphatic carbocycles. The quantitative estimate of drug-likeness (QED) is 0.898. The molecular weight excluding hydrogens is 287 g/mol. The fraction of sp³-hybridized carbons (Fsp3) is 0.0833. The third-order valence-electron chi connectivity index (χ3n) is 2.74. The minimum Gasteiger partial charge on any atom is -0.477 e. The Morgan fingerprint density at radius 2 is 2.00 bits per heavy atom. The van der Waals surface area contributed by atoms with Gasteiger partial charge >= 0.3 is 5.97 Å². The van der Waals surface area contributed by atoms with Crippen LogP contribution >= 0.6 is 0 Å². The highest BCUT2D eigenvalue weighted by atomic mass is 32.2. The maximum atomic E-state index is 13.6. The first kappa shape index (κ1) is 14.1. The fourth-order valence-electron chi connectivity index (χ4n) is 1.64. The summed E-state index contributed by atoms with van der Waals surface area (Å²) in [5, 5.41) is 8.76. The predicted octanol–water partition coefficient (Wildman–Crippen LogP) is 1.68. The van der Waals surface area contributed by atoms with E-state index < -0.39 is 21.8 Å². The minimum absolute atomic E-state index is 0.120. The van der Waals surface area contributed by atoms with E-state index in [0.717, 1.165) is 22.6 Å². The van der Waals surface area contributed by atoms with Crippen LogP contribution in [-0.4, -0.2) is 31.5 Å². The van der Waals surface area contributed by atoms with Crippen LogP contribution in [0.25, 0.3) is 0 Å². The SMILES string of the molecule is CN(c1ccccc1F)S(=O)(=O)c1c[nH]c(C(=O)O)c1. The van der Waals surface area contributed by atoms with E-state index >= 15 is 0 Å². The minimum atomic E-state index is -4.03. The molecule has 8 heteroatoms. The first-order chi connectivity index (χ1) is 9.34. The molecule has 106 valence electrons. The van der Waals surface area contributed by atoms with Crippen molar-refractivity contribution in [1.29, 1.82) is 0 Å². The number of sulfonamides is 1. The highest BCUT2D eigenvalue weighted by Crippen LogP contribution is 2.24. The zero-order chi connectivity index (χ0) is 14.9. The fourth-order valence-corrected chi connectivity index (χ4v) is 2.84. The molecule has 6 nitrogen and oxygen atoms in total. The Morgan fingerprint density at radius 3 is 2.55 bits per heavy atom. The number of aromatic nitrogens is 1. The van der Waals surface area contributed by atoms with Gasteiger partial charge in [0.25, 0.3) is 10.0 Å². The molecule has 0 saturated heterocycles. The van der Waals surface area contributed by atoms with Crippen molar-refractivity contribution < 1.29 is 22.7 Å². The van der Waals surface area contributed by atoms with Gasteiger partial charge in [0.05, 0.1) is 5.69 Å². The van der Waals surface area contributed by atoms with Crippen molar-refractivity contribution in [3.05, 3.63) is 48.0 Å². The summed E-state index contributed by atoms with van der Waals surface area (Å²) in [5.41, 5.74) is -0.379. The molecule has 1 aromatic carbocycles. The van der Waals surface area contributed by atoms with Gasteiger partial charge in [0.1, 0.15) is 16.4 Å². The van der Waals surface area contributed by atoms with E-state index in [1.165, 1.54) is 25.2 Å². The molecule has 0 saturated carbocycles. The van der Waals surface area contributed by atoms with E-state index in [2.05, 4.69) is 4.98 Å². The molecule has 0 bridgehead atoms. The number of hydrogen-bond acceptors (Lipinski definition) is 3. The van der Waals surface area contributed by atoms with E-state index in [4.69, 9.17) is 5.11 Å². The molecule has 0 fully saturated rings. The maximum absolute atomic E-state index is 13.6. The summed E-state index contributed by atoms with van der Waals surface area (Å²) in [4.78, 5) is 12.8. The molecule has 0 atom stereocenters. The van der Waals surface area contributed by atoms with Crippen LogP contribution in [0.15, 0.2) is 41.4 Å². The Balaban J connectivity index is 2.44. The van der Waals surface area contributed by atoms with E-state index in [0.29, 0.717) is 0 Å². The van der Waals surface area contributed by atoms with Gasteiger partial charge in [-0.3, -0.25) is 4.31 Å². The number of halogens is 1. The molecule has 1 aromatic heterocycles. The molecular formula is C12H11FN2O4S. The monoisotopic (exact) mass is 298 g/mol. The van der Waals surface area contributed by atoms with E-state index in [1.807, 2.05) is 0 Å². The van der Waals surface area contributed by atoms with Crippen molar-refractivity contribution in [2.24, 2.45) is 0 Å². The first-order valence-corrected chi connectivity index (χ1v) is 6.93. The van der Waals surface area contributed by atoms with Crippen molar-refractivity contribution in [3.8, 4) is 0 Å². The Bertz CT molecular complexity index is 754. The molecule has 0 radical (unpaired) electrons. The van der Waals surface area contributed by atoms with Crippen LogP contribution in [0.2, 0.25) is 0 Å². The van der Waals surface area contributed by atoms with Crippen molar-refractivity contribution in [2.45, 2.75) is 4.90 Å². The number of carbonyl (C=O) groups is 1. The number of hydrogen-bond donors (Lipinski definition) is 2. The predicted molar refractivity (Wildman–Crippen MR) is 69.7 cm³/mol. The molecule has 1 heterocycles. The molecule has 2 aromatic rings. The van der Waals surface area contributed by atoms with Crippen LogP contribution in [0, 0.1) is 5.82 Å². The van der Waals surface area contributed by atoms with Gasteiger partial charge in [-0.15, -0.1) is 0 Å². The lowest BCUT2D eigenvalue weighted by molar-refractivity contribution is 0.0691. The second-order valence-electron chi connectivity index (χ2n) is 3.98. The van der Waals surface area contributed by atoms with Crippen LogP contribution in [0.5, 0.6) is 0 Å². The van der Waals surface area contributed by atoms with Crippen LogP contribution in [0.1, 0.15) is 10.5 Å². The molecule has 2 N–H and O–H groups in total. The Hall–Kier alpha value is -2.35. The molecule has 20 heavy (non-hydrogen) atoms. The molecule has 0 amide bonds. The number of aromatic amines is 1. The van der Waals surface area contributed by atoms with Gasteiger partial charge in [-0.2, -0.15) is 0 Å². The highest BCUT2D eigenvalue weighted by molar-refractivity contribution is 7.92. The van der Waals surface area contributed by atoms with Gasteiger partial charge < -0.3 is 10.1 Å². The Labute approximate surface area is 114 Å². The van der Waals surface area contributed by atoms with Crippen LogP contribution in [0.3, 0.4) is 0 Å². The average Bonchev–Trinajstić information content (AvgIpc) is 2.89. The number of rotatable bonds is 4. The first-order valence-electron chi connectivity index (χ1n) is 5.49. The summed E-state index contributed by atoms with van der Waals surface area (Å²) in [6.45, 7) is 0. The van der Waals surface area contributed by atoms with Crippen LogP contribution < -0.4 is 4.31 Å². The zero-order valence-electron chi connectivity index (χ0n) is 10.4. The van der Waals surface area contributed by atoms with Crippen LogP contribution in [0.4, 0.5) is 10.1 Å². The number of para-hydroxylation sites is 1. The number of H-pyrrole nitrogens is 1. The van der Waals surface area contributed by atoms with Gasteiger partial charge in [0.2, 0.25) is 0 Å². The lowest BCUT2D eigenvalue weighted by atomic mass is 10.3. The summed E-state index contributed by atoms with van der Waals surface area (Å²) in [6, 6.07) is 6.39. The lowest BCUT2D eigenvalue weighted by Crippen LogP contribution is -2.27. The van der Waals surface area contributed by atoms with Crippen molar-refractivity contribution in [2.75, 3.05) is 11.4 Å². The van der Waals surface area contributed by atoms with E-state index in [1.54, 1.807) is 0 Å². The second-order valence-corrected chi connectivity index (χ2v) is 5.95. The largest absolute Gasteiger partial charge is 0.477 e. The van der Waals surface area contributed by atoms with Gasteiger partial charge in [-0.25, -0.2) is 17.6 Å². The van der Waals surface area contributed by atoms with Gasteiger partial charge in [0, 0.05) is 13.2 Å². The molecule has 0 aliphatic heterocycles. The summed E-state index contributed by atoms with van der Waals surface area (Å²) < 4.78 is 38.9. The molecule has 0 aliphatic rings. The summed E-state index contributed by atoms with van der Waals surface area (Å²) in [5.74, 6) is -1.97. The maximum Gasteiger partial charge on any atom is 0.352 e. The Morgan fingerprint density at radius 1 is 1.35 bits per heavy atom. The number of nitrogens with one attached hydrogen (secondary N) is 1.